The Balaban J connectivity index is 2.81. The van der Waals surface area contributed by atoms with E-state index >= 15 is 0 Å². The Bertz CT molecular complexity index is 215. The summed E-state index contributed by atoms with van der Waals surface area (Å²) in [6.45, 7) is 0.472. The van der Waals surface area contributed by atoms with Gasteiger partial charge in [0, 0.05) is 13.3 Å². The lowest BCUT2D eigenvalue weighted by atomic mass is 10.4. The summed E-state index contributed by atoms with van der Waals surface area (Å²) in [4.78, 5) is 4.01. The number of methoxy groups -OCH3 is 1. The predicted octanol–water partition coefficient (Wildman–Crippen LogP) is 1.88. The third-order valence-electron chi connectivity index (χ3n) is 1.12. The first-order valence-electron chi connectivity index (χ1n) is 2.93. The molecule has 0 bridgehead atoms. The fraction of sp³-hybridized carbons (Fsp3) is 0.286. The molecule has 0 aromatic carbocycles. The van der Waals surface area contributed by atoms with Crippen LogP contribution < -0.4 is 0 Å². The maximum Gasteiger partial charge on any atom is 0.0899 e. The number of ether oxygens (including phenoxy) is 1. The van der Waals surface area contributed by atoms with Crippen LogP contribution in [0.3, 0.4) is 0 Å². The third-order valence-corrected chi connectivity index (χ3v) is 1.46. The minimum Gasteiger partial charge on any atom is -0.378 e. The van der Waals surface area contributed by atoms with E-state index in [2.05, 4.69) is 4.98 Å². The van der Waals surface area contributed by atoms with Crippen LogP contribution in [0.2, 0.25) is 5.02 Å². The number of pyridine rings is 1. The van der Waals surface area contributed by atoms with E-state index in [1.165, 1.54) is 0 Å². The van der Waals surface area contributed by atoms with Crippen LogP contribution in [0, 0.1) is 0 Å². The van der Waals surface area contributed by atoms with Crippen LogP contribution in [-0.2, 0) is 11.3 Å². The van der Waals surface area contributed by atoms with E-state index in [1.807, 2.05) is 0 Å². The van der Waals surface area contributed by atoms with Crippen LogP contribution in [0.5, 0.6) is 0 Å². The molecule has 54 valence electrons. The van der Waals surface area contributed by atoms with Crippen molar-refractivity contribution in [2.75, 3.05) is 7.11 Å². The highest BCUT2D eigenvalue weighted by Crippen LogP contribution is 2.11. The lowest BCUT2D eigenvalue weighted by Gasteiger charge is -1.98. The van der Waals surface area contributed by atoms with Gasteiger partial charge >= 0.3 is 0 Å². The van der Waals surface area contributed by atoms with E-state index < -0.39 is 0 Å². The van der Waals surface area contributed by atoms with E-state index in [9.17, 15) is 0 Å². The van der Waals surface area contributed by atoms with Crippen LogP contribution >= 0.6 is 11.6 Å². The number of hydrogen-bond donors (Lipinski definition) is 0. The molecule has 2 nitrogen and oxygen atoms in total. The quantitative estimate of drug-likeness (QED) is 0.654. The van der Waals surface area contributed by atoms with Gasteiger partial charge in [0.25, 0.3) is 0 Å². The zero-order valence-electron chi connectivity index (χ0n) is 5.67. The van der Waals surface area contributed by atoms with E-state index in [0.717, 1.165) is 5.69 Å². The van der Waals surface area contributed by atoms with E-state index in [0.29, 0.717) is 11.6 Å². The normalized spacial score (nSPS) is 9.80. The molecule has 0 aliphatic carbocycles. The molecule has 0 unspecified atom stereocenters. The molecule has 0 spiro atoms. The first kappa shape index (κ1) is 7.51. The molecule has 1 rings (SSSR count). The number of hydrogen-bond acceptors (Lipinski definition) is 2. The van der Waals surface area contributed by atoms with Gasteiger partial charge in [0.1, 0.15) is 0 Å². The minimum absolute atomic E-state index is 0.472. The van der Waals surface area contributed by atoms with Gasteiger partial charge in [-0.25, -0.2) is 0 Å². The van der Waals surface area contributed by atoms with E-state index in [-0.39, 0.29) is 0 Å². The Morgan fingerprint density at radius 1 is 1.70 bits per heavy atom. The monoisotopic (exact) mass is 157 g/mol. The summed E-state index contributed by atoms with van der Waals surface area (Å²) in [7, 11) is 1.62. The first-order valence-corrected chi connectivity index (χ1v) is 3.30. The molecule has 0 N–H and O–H groups in total. The summed E-state index contributed by atoms with van der Waals surface area (Å²) in [6.07, 6.45) is 1.69. The van der Waals surface area contributed by atoms with Gasteiger partial charge in [-0.05, 0) is 12.1 Å². The fourth-order valence-electron chi connectivity index (χ4n) is 0.661. The Labute approximate surface area is 64.8 Å². The van der Waals surface area contributed by atoms with Crippen molar-refractivity contribution in [3.8, 4) is 0 Å². The van der Waals surface area contributed by atoms with Crippen molar-refractivity contribution in [2.45, 2.75) is 6.61 Å². The summed E-state index contributed by atoms with van der Waals surface area (Å²) >= 11 is 5.76. The van der Waals surface area contributed by atoms with E-state index in [1.54, 1.807) is 25.4 Å². The molecule has 0 saturated heterocycles. The van der Waals surface area contributed by atoms with Crippen molar-refractivity contribution >= 4 is 11.6 Å². The Kier molecular flexibility index (Phi) is 2.66. The molecule has 0 aliphatic heterocycles. The number of aromatic nitrogens is 1. The summed E-state index contributed by atoms with van der Waals surface area (Å²) < 4.78 is 4.86. The molecule has 0 fully saturated rings. The van der Waals surface area contributed by atoms with Crippen molar-refractivity contribution in [1.29, 1.82) is 0 Å². The van der Waals surface area contributed by atoms with Crippen molar-refractivity contribution in [1.82, 2.24) is 4.98 Å². The Morgan fingerprint density at radius 2 is 2.50 bits per heavy atom. The van der Waals surface area contributed by atoms with Crippen molar-refractivity contribution in [3.63, 3.8) is 0 Å². The van der Waals surface area contributed by atoms with Crippen LogP contribution in [-0.4, -0.2) is 12.1 Å². The van der Waals surface area contributed by atoms with Gasteiger partial charge in [0.05, 0.1) is 17.3 Å². The van der Waals surface area contributed by atoms with Crippen molar-refractivity contribution < 1.29 is 4.74 Å². The second-order valence-corrected chi connectivity index (χ2v) is 2.27. The Morgan fingerprint density at radius 3 is 3.10 bits per heavy atom. The average molecular weight is 158 g/mol. The molecular weight excluding hydrogens is 150 g/mol. The number of halogens is 1. The molecule has 0 atom stereocenters. The van der Waals surface area contributed by atoms with Crippen LogP contribution in [0.15, 0.2) is 18.3 Å². The first-order chi connectivity index (χ1) is 4.84. The molecule has 0 amide bonds. The van der Waals surface area contributed by atoms with Gasteiger partial charge in [-0.15, -0.1) is 0 Å². The molecule has 0 radical (unpaired) electrons. The van der Waals surface area contributed by atoms with Gasteiger partial charge in [0.15, 0.2) is 0 Å². The topological polar surface area (TPSA) is 22.1 Å². The SMILES string of the molecule is COCc1ncccc1Cl. The van der Waals surface area contributed by atoms with Gasteiger partial charge in [-0.2, -0.15) is 0 Å². The third kappa shape index (κ3) is 1.69. The Hall–Kier alpha value is -0.600. The molecule has 0 aliphatic rings. The van der Waals surface area contributed by atoms with Crippen molar-refractivity contribution in [3.05, 3.63) is 29.0 Å². The highest BCUT2D eigenvalue weighted by molar-refractivity contribution is 6.31. The van der Waals surface area contributed by atoms with Gasteiger partial charge in [0.2, 0.25) is 0 Å². The summed E-state index contributed by atoms with van der Waals surface area (Å²) in [5, 5.41) is 0.657. The number of rotatable bonds is 2. The molecule has 10 heavy (non-hydrogen) atoms. The lowest BCUT2D eigenvalue weighted by molar-refractivity contribution is 0.181. The van der Waals surface area contributed by atoms with Crippen LogP contribution in [0.25, 0.3) is 0 Å². The smallest absolute Gasteiger partial charge is 0.0899 e. The van der Waals surface area contributed by atoms with Crippen molar-refractivity contribution in [2.24, 2.45) is 0 Å². The second-order valence-electron chi connectivity index (χ2n) is 1.86. The largest absolute Gasteiger partial charge is 0.378 e. The predicted molar refractivity (Wildman–Crippen MR) is 40.0 cm³/mol. The van der Waals surface area contributed by atoms with Gasteiger partial charge in [-0.1, -0.05) is 11.6 Å². The molecule has 3 heteroatoms. The standard InChI is InChI=1S/C7H8ClNO/c1-10-5-7-6(8)3-2-4-9-7/h2-4H,5H2,1H3. The molecule has 0 saturated carbocycles. The zero-order valence-corrected chi connectivity index (χ0v) is 6.43. The highest BCUT2D eigenvalue weighted by Gasteiger charge is 1.97. The minimum atomic E-state index is 0.472. The van der Waals surface area contributed by atoms with Crippen LogP contribution in [0.1, 0.15) is 5.69 Å². The molecule has 1 aromatic heterocycles. The highest BCUT2D eigenvalue weighted by atomic mass is 35.5. The van der Waals surface area contributed by atoms with E-state index in [4.69, 9.17) is 16.3 Å². The van der Waals surface area contributed by atoms with Gasteiger partial charge in [-0.3, -0.25) is 4.98 Å². The summed E-state index contributed by atoms with van der Waals surface area (Å²) in [5.41, 5.74) is 0.784. The average Bonchev–Trinajstić information content (AvgIpc) is 1.94. The second kappa shape index (κ2) is 3.54. The molecule has 1 aromatic rings. The maximum atomic E-state index is 5.76. The molecule has 1 heterocycles. The summed E-state index contributed by atoms with van der Waals surface area (Å²) in [6, 6.07) is 3.59. The van der Waals surface area contributed by atoms with Crippen LogP contribution in [0.4, 0.5) is 0 Å². The zero-order chi connectivity index (χ0) is 7.40. The lowest BCUT2D eigenvalue weighted by Crippen LogP contribution is -1.91. The maximum absolute atomic E-state index is 5.76. The summed E-state index contributed by atoms with van der Waals surface area (Å²) in [5.74, 6) is 0. The fourth-order valence-corrected chi connectivity index (χ4v) is 0.837. The number of nitrogens with zero attached hydrogens (tertiary/aromatic N) is 1. The molecular formula is C7H8ClNO. The van der Waals surface area contributed by atoms with Gasteiger partial charge < -0.3 is 4.74 Å².